The van der Waals surface area contributed by atoms with Crippen LogP contribution < -0.4 is 4.74 Å². The van der Waals surface area contributed by atoms with Gasteiger partial charge in [-0.2, -0.15) is 11.8 Å². The number of amides is 1. The summed E-state index contributed by atoms with van der Waals surface area (Å²) in [5.41, 5.74) is -0.179. The molecule has 5 nitrogen and oxygen atoms in total. The fourth-order valence-electron chi connectivity index (χ4n) is 3.96. The van der Waals surface area contributed by atoms with Gasteiger partial charge in [0.25, 0.3) is 0 Å². The van der Waals surface area contributed by atoms with E-state index >= 15 is 0 Å². The van der Waals surface area contributed by atoms with Gasteiger partial charge in [-0.1, -0.05) is 0 Å². The number of aromatic nitrogens is 1. The normalized spacial score (nSPS) is 26.3. The average Bonchev–Trinajstić information content (AvgIpc) is 3.04. The van der Waals surface area contributed by atoms with Crippen molar-refractivity contribution in [3.8, 4) is 5.75 Å². The minimum Gasteiger partial charge on any atom is -0.492 e. The molecule has 1 atom stereocenters. The van der Waals surface area contributed by atoms with Gasteiger partial charge in [0.15, 0.2) is 0 Å². The third-order valence-corrected chi connectivity index (χ3v) is 6.53. The van der Waals surface area contributed by atoms with Crippen LogP contribution in [0.2, 0.25) is 0 Å². The minimum atomic E-state index is -0.179. The van der Waals surface area contributed by atoms with E-state index in [-0.39, 0.29) is 11.5 Å². The summed E-state index contributed by atoms with van der Waals surface area (Å²) in [4.78, 5) is 18.7. The summed E-state index contributed by atoms with van der Waals surface area (Å²) in [7, 11) is 0. The minimum absolute atomic E-state index is 0.179. The van der Waals surface area contributed by atoms with E-state index in [1.165, 1.54) is 0 Å². The Morgan fingerprint density at radius 2 is 2.21 bits per heavy atom. The number of nitrogens with zero attached hydrogens (tertiary/aromatic N) is 2. The number of thioether (sulfide) groups is 1. The van der Waals surface area contributed by atoms with E-state index in [1.54, 1.807) is 12.4 Å². The van der Waals surface area contributed by atoms with E-state index in [1.807, 2.05) is 28.8 Å². The second kappa shape index (κ2) is 6.92. The van der Waals surface area contributed by atoms with Gasteiger partial charge in [-0.05, 0) is 42.9 Å². The van der Waals surface area contributed by atoms with Crippen LogP contribution in [0.15, 0.2) is 24.5 Å². The number of pyridine rings is 1. The Kier molecular flexibility index (Phi) is 4.68. The molecule has 0 aromatic carbocycles. The monoisotopic (exact) mass is 348 g/mol. The van der Waals surface area contributed by atoms with E-state index in [9.17, 15) is 4.79 Å². The zero-order valence-electron chi connectivity index (χ0n) is 13.9. The first kappa shape index (κ1) is 16.2. The Hall–Kier alpha value is -1.27. The van der Waals surface area contributed by atoms with Crippen LogP contribution in [0.25, 0.3) is 0 Å². The summed E-state index contributed by atoms with van der Waals surface area (Å²) in [5, 5.41) is 0. The number of carbonyl (C=O) groups excluding carboxylic acids is 1. The maximum atomic E-state index is 12.6. The standard InChI is InChI=1S/C18H24N2O3S/c21-17(14-4-8-24-9-5-14)20-12-18(13-20)15(3-7-23-18)11-22-16-2-1-6-19-10-16/h1-2,6,10,14-15H,3-5,7-9,11-13H2/t15-/m1/s1. The molecule has 0 bridgehead atoms. The molecule has 3 saturated heterocycles. The highest BCUT2D eigenvalue weighted by atomic mass is 32.2. The maximum absolute atomic E-state index is 12.6. The highest BCUT2D eigenvalue weighted by Crippen LogP contribution is 2.41. The van der Waals surface area contributed by atoms with Gasteiger partial charge in [0.05, 0.1) is 25.9 Å². The lowest BCUT2D eigenvalue weighted by Gasteiger charge is -2.51. The first-order valence-corrected chi connectivity index (χ1v) is 9.96. The Labute approximate surface area is 147 Å². The average molecular weight is 348 g/mol. The molecule has 4 rings (SSSR count). The Bertz CT molecular complexity index is 571. The van der Waals surface area contributed by atoms with E-state index < -0.39 is 0 Å². The summed E-state index contributed by atoms with van der Waals surface area (Å²) >= 11 is 1.96. The highest BCUT2D eigenvalue weighted by Gasteiger charge is 2.55. The number of hydrogen-bond acceptors (Lipinski definition) is 5. The molecule has 0 aliphatic carbocycles. The van der Waals surface area contributed by atoms with Gasteiger partial charge in [0.2, 0.25) is 5.91 Å². The van der Waals surface area contributed by atoms with Crippen molar-refractivity contribution in [3.63, 3.8) is 0 Å². The van der Waals surface area contributed by atoms with Gasteiger partial charge in [-0.3, -0.25) is 9.78 Å². The fraction of sp³-hybridized carbons (Fsp3) is 0.667. The molecular weight excluding hydrogens is 324 g/mol. The maximum Gasteiger partial charge on any atom is 0.225 e. The SMILES string of the molecule is O=C(C1CCSCC1)N1CC2(C1)OCC[C@@H]2COc1cccnc1. The molecule has 0 unspecified atom stereocenters. The molecule has 24 heavy (non-hydrogen) atoms. The molecule has 130 valence electrons. The quantitative estimate of drug-likeness (QED) is 0.835. The molecule has 0 radical (unpaired) electrons. The molecule has 3 aliphatic rings. The second-order valence-corrected chi connectivity index (χ2v) is 8.20. The predicted octanol–water partition coefficient (Wildman–Crippen LogP) is 2.22. The van der Waals surface area contributed by atoms with Crippen molar-refractivity contribution in [2.75, 3.05) is 37.8 Å². The molecular formula is C18H24N2O3S. The molecule has 6 heteroatoms. The summed E-state index contributed by atoms with van der Waals surface area (Å²) in [6.07, 6.45) is 6.54. The van der Waals surface area contributed by atoms with Crippen LogP contribution in [-0.2, 0) is 9.53 Å². The predicted molar refractivity (Wildman–Crippen MR) is 93.2 cm³/mol. The van der Waals surface area contributed by atoms with E-state index in [4.69, 9.17) is 9.47 Å². The molecule has 1 aromatic rings. The van der Waals surface area contributed by atoms with Crippen molar-refractivity contribution >= 4 is 17.7 Å². The number of ether oxygens (including phenoxy) is 2. The van der Waals surface area contributed by atoms with Crippen LogP contribution in [0.1, 0.15) is 19.3 Å². The van der Waals surface area contributed by atoms with Crippen molar-refractivity contribution in [1.82, 2.24) is 9.88 Å². The molecule has 3 aliphatic heterocycles. The van der Waals surface area contributed by atoms with Gasteiger partial charge in [-0.15, -0.1) is 0 Å². The van der Waals surface area contributed by atoms with Crippen molar-refractivity contribution in [3.05, 3.63) is 24.5 Å². The van der Waals surface area contributed by atoms with Crippen LogP contribution in [-0.4, -0.2) is 59.2 Å². The Morgan fingerprint density at radius 1 is 1.38 bits per heavy atom. The van der Waals surface area contributed by atoms with Gasteiger partial charge in [-0.25, -0.2) is 0 Å². The van der Waals surface area contributed by atoms with Crippen molar-refractivity contribution in [2.24, 2.45) is 11.8 Å². The van der Waals surface area contributed by atoms with Gasteiger partial charge in [0, 0.05) is 24.6 Å². The third-order valence-electron chi connectivity index (χ3n) is 5.48. The molecule has 4 heterocycles. The topological polar surface area (TPSA) is 51.7 Å². The van der Waals surface area contributed by atoms with Gasteiger partial charge < -0.3 is 14.4 Å². The summed E-state index contributed by atoms with van der Waals surface area (Å²) < 4.78 is 11.9. The first-order valence-electron chi connectivity index (χ1n) is 8.80. The smallest absolute Gasteiger partial charge is 0.225 e. The summed E-state index contributed by atoms with van der Waals surface area (Å²) in [5.74, 6) is 3.95. The van der Waals surface area contributed by atoms with Gasteiger partial charge >= 0.3 is 0 Å². The van der Waals surface area contributed by atoms with Crippen LogP contribution >= 0.6 is 11.8 Å². The van der Waals surface area contributed by atoms with Crippen molar-refractivity contribution < 1.29 is 14.3 Å². The molecule has 1 amide bonds. The number of likely N-dealkylation sites (tertiary alicyclic amines) is 1. The number of carbonyl (C=O) groups is 1. The van der Waals surface area contributed by atoms with Crippen LogP contribution in [0.5, 0.6) is 5.75 Å². The lowest BCUT2D eigenvalue weighted by Crippen LogP contribution is -2.67. The Morgan fingerprint density at radius 3 is 2.96 bits per heavy atom. The summed E-state index contributed by atoms with van der Waals surface area (Å²) in [6, 6.07) is 3.80. The number of hydrogen-bond donors (Lipinski definition) is 0. The molecule has 1 spiro atoms. The molecule has 0 N–H and O–H groups in total. The number of rotatable bonds is 4. The Balaban J connectivity index is 1.31. The van der Waals surface area contributed by atoms with Gasteiger partial charge in [0.1, 0.15) is 11.4 Å². The molecule has 0 saturated carbocycles. The lowest BCUT2D eigenvalue weighted by atomic mass is 9.80. The van der Waals surface area contributed by atoms with Crippen LogP contribution in [0.3, 0.4) is 0 Å². The fourth-order valence-corrected chi connectivity index (χ4v) is 5.06. The highest BCUT2D eigenvalue weighted by molar-refractivity contribution is 7.99. The zero-order chi connectivity index (χ0) is 16.4. The van der Waals surface area contributed by atoms with Crippen molar-refractivity contribution in [2.45, 2.75) is 24.9 Å². The van der Waals surface area contributed by atoms with E-state index in [2.05, 4.69) is 4.98 Å². The third kappa shape index (κ3) is 3.14. The molecule has 1 aromatic heterocycles. The zero-order valence-corrected chi connectivity index (χ0v) is 14.7. The van der Waals surface area contributed by atoms with Crippen LogP contribution in [0.4, 0.5) is 0 Å². The second-order valence-electron chi connectivity index (χ2n) is 6.98. The summed E-state index contributed by atoms with van der Waals surface area (Å²) in [6.45, 7) is 2.87. The first-order chi connectivity index (χ1) is 11.8. The van der Waals surface area contributed by atoms with Crippen LogP contribution in [0, 0.1) is 11.8 Å². The lowest BCUT2D eigenvalue weighted by molar-refractivity contribution is -0.170. The van der Waals surface area contributed by atoms with E-state index in [0.717, 1.165) is 56.2 Å². The van der Waals surface area contributed by atoms with E-state index in [0.29, 0.717) is 18.4 Å². The molecule has 3 fully saturated rings. The van der Waals surface area contributed by atoms with Crippen molar-refractivity contribution in [1.29, 1.82) is 0 Å². The largest absolute Gasteiger partial charge is 0.492 e.